The van der Waals surface area contributed by atoms with E-state index in [9.17, 15) is 9.59 Å². The van der Waals surface area contributed by atoms with Gasteiger partial charge in [-0.2, -0.15) is 0 Å². The van der Waals surface area contributed by atoms with E-state index in [1.54, 1.807) is 0 Å². The molecule has 2 atom stereocenters. The molecule has 0 heterocycles. The second kappa shape index (κ2) is 17.5. The van der Waals surface area contributed by atoms with E-state index in [2.05, 4.69) is 10.6 Å². The van der Waals surface area contributed by atoms with Gasteiger partial charge in [0, 0.05) is 13.1 Å². The number of unbranched alkanes of at least 4 members (excludes halogenated alkanes) is 1. The molecular formula is C13H31ClN8O4. The van der Waals surface area contributed by atoms with Crippen molar-refractivity contribution in [3.8, 4) is 0 Å². The minimum Gasteiger partial charge on any atom is -0.480 e. The maximum absolute atomic E-state index is 10.3. The van der Waals surface area contributed by atoms with Gasteiger partial charge >= 0.3 is 11.9 Å². The Morgan fingerprint density at radius 3 is 1.50 bits per heavy atom. The first-order chi connectivity index (χ1) is 11.6. The quantitative estimate of drug-likeness (QED) is 0.105. The molecule has 0 saturated heterocycles. The Morgan fingerprint density at radius 2 is 1.15 bits per heavy atom. The van der Waals surface area contributed by atoms with Crippen LogP contribution < -0.4 is 33.6 Å². The van der Waals surface area contributed by atoms with Crippen molar-refractivity contribution >= 4 is 36.3 Å². The molecule has 0 bridgehead atoms. The normalized spacial score (nSPS) is 11.6. The lowest BCUT2D eigenvalue weighted by atomic mass is 10.1. The number of nitrogens with two attached hydrogens (primary N) is 4. The molecule has 0 fully saturated rings. The Balaban J connectivity index is -0.000000393. The number of nitrogens with one attached hydrogen (secondary N) is 4. The topological polar surface area (TPSA) is 250 Å². The van der Waals surface area contributed by atoms with Crippen LogP contribution in [0.15, 0.2) is 0 Å². The molecule has 0 spiro atoms. The molecule has 0 aliphatic rings. The van der Waals surface area contributed by atoms with Crippen LogP contribution in [0, 0.1) is 10.8 Å². The van der Waals surface area contributed by atoms with Gasteiger partial charge in [-0.05, 0) is 32.1 Å². The lowest BCUT2D eigenvalue weighted by Gasteiger charge is -2.06. The van der Waals surface area contributed by atoms with Gasteiger partial charge in [0.2, 0.25) is 0 Å². The molecule has 0 aromatic carbocycles. The molecule has 154 valence electrons. The highest BCUT2D eigenvalue weighted by Gasteiger charge is 2.10. The Labute approximate surface area is 158 Å². The maximum Gasteiger partial charge on any atom is 0.320 e. The van der Waals surface area contributed by atoms with Crippen LogP contribution in [-0.4, -0.2) is 59.2 Å². The zero-order valence-electron chi connectivity index (χ0n) is 14.5. The van der Waals surface area contributed by atoms with E-state index in [4.69, 9.17) is 44.0 Å². The van der Waals surface area contributed by atoms with E-state index in [1.807, 2.05) is 0 Å². The van der Waals surface area contributed by atoms with Gasteiger partial charge < -0.3 is 43.8 Å². The SMILES string of the molecule is Cl.N=C(N)NCCCC[C@H](N)C(=O)O.N=C(N)NCCC[C@H](N)C(=O)O. The highest BCUT2D eigenvalue weighted by molar-refractivity contribution is 5.85. The van der Waals surface area contributed by atoms with Crippen LogP contribution >= 0.6 is 12.4 Å². The second-order valence-corrected chi connectivity index (χ2v) is 5.21. The Hall–Kier alpha value is -2.31. The average Bonchev–Trinajstić information content (AvgIpc) is 2.50. The lowest BCUT2D eigenvalue weighted by molar-refractivity contribution is -0.139. The van der Waals surface area contributed by atoms with Crippen LogP contribution in [0.1, 0.15) is 32.1 Å². The Morgan fingerprint density at radius 1 is 0.808 bits per heavy atom. The summed E-state index contributed by atoms with van der Waals surface area (Å²) in [5.74, 6) is -2.15. The zero-order chi connectivity index (χ0) is 19.8. The van der Waals surface area contributed by atoms with E-state index in [-0.39, 0.29) is 24.3 Å². The molecule has 12 nitrogen and oxygen atoms in total. The maximum atomic E-state index is 10.3. The van der Waals surface area contributed by atoms with Crippen LogP contribution in [0.5, 0.6) is 0 Å². The van der Waals surface area contributed by atoms with Crippen molar-refractivity contribution < 1.29 is 19.8 Å². The molecule has 13 heteroatoms. The summed E-state index contributed by atoms with van der Waals surface area (Å²) in [5.41, 5.74) is 20.5. The van der Waals surface area contributed by atoms with E-state index in [0.717, 1.165) is 6.42 Å². The predicted molar refractivity (Wildman–Crippen MR) is 101 cm³/mol. The third-order valence-corrected chi connectivity index (χ3v) is 2.90. The van der Waals surface area contributed by atoms with Gasteiger partial charge in [0.15, 0.2) is 11.9 Å². The van der Waals surface area contributed by atoms with Crippen LogP contribution in [0.3, 0.4) is 0 Å². The molecule has 0 aromatic rings. The number of rotatable bonds is 11. The van der Waals surface area contributed by atoms with Crippen molar-refractivity contribution in [3.05, 3.63) is 0 Å². The summed E-state index contributed by atoms with van der Waals surface area (Å²) in [6.45, 7) is 1.07. The number of guanidine groups is 2. The molecule has 0 aromatic heterocycles. The van der Waals surface area contributed by atoms with Crippen molar-refractivity contribution in [2.45, 2.75) is 44.2 Å². The standard InChI is InChI=1S/C7H16N4O2.C6H14N4O2.ClH/c8-5(6(12)13)3-1-2-4-11-7(9)10;7-4(5(11)12)2-1-3-10-6(8)9;/h5H,1-4,8H2,(H,12,13)(H4,9,10,11);4H,1-3,7H2,(H,11,12)(H4,8,9,10);1H/t5-;4-;/m00./s1. The smallest absolute Gasteiger partial charge is 0.320 e. The third-order valence-electron chi connectivity index (χ3n) is 2.90. The highest BCUT2D eigenvalue weighted by atomic mass is 35.5. The Kier molecular flexibility index (Phi) is 19.2. The molecule has 0 aliphatic carbocycles. The molecular weight excluding hydrogens is 368 g/mol. The fraction of sp³-hybridized carbons (Fsp3) is 0.692. The fourth-order valence-corrected chi connectivity index (χ4v) is 1.50. The molecule has 0 rings (SSSR count). The summed E-state index contributed by atoms with van der Waals surface area (Å²) in [4.78, 5) is 20.5. The van der Waals surface area contributed by atoms with Crippen LogP contribution in [-0.2, 0) is 9.59 Å². The first-order valence-electron chi connectivity index (χ1n) is 7.70. The van der Waals surface area contributed by atoms with Gasteiger partial charge in [0.25, 0.3) is 0 Å². The highest BCUT2D eigenvalue weighted by Crippen LogP contribution is 1.97. The number of carbonyl (C=O) groups is 2. The first-order valence-corrected chi connectivity index (χ1v) is 7.70. The number of halogens is 1. The number of hydrogen-bond acceptors (Lipinski definition) is 6. The summed E-state index contributed by atoms with van der Waals surface area (Å²) in [6.07, 6.45) is 2.91. The largest absolute Gasteiger partial charge is 0.480 e. The zero-order valence-corrected chi connectivity index (χ0v) is 15.3. The second-order valence-electron chi connectivity index (χ2n) is 5.21. The monoisotopic (exact) mass is 398 g/mol. The van der Waals surface area contributed by atoms with Gasteiger partial charge in [-0.1, -0.05) is 0 Å². The number of carboxylic acid groups (broad SMARTS) is 2. The van der Waals surface area contributed by atoms with E-state index < -0.39 is 24.0 Å². The molecule has 14 N–H and O–H groups in total. The third kappa shape index (κ3) is 21.7. The number of hydrogen-bond donors (Lipinski definition) is 10. The molecule has 0 amide bonds. The number of aliphatic carboxylic acids is 2. The predicted octanol–water partition coefficient (Wildman–Crippen LogP) is -1.86. The van der Waals surface area contributed by atoms with Crippen LogP contribution in [0.4, 0.5) is 0 Å². The summed E-state index contributed by atoms with van der Waals surface area (Å²) >= 11 is 0. The van der Waals surface area contributed by atoms with E-state index >= 15 is 0 Å². The average molecular weight is 399 g/mol. The summed E-state index contributed by atoms with van der Waals surface area (Å²) in [6, 6.07) is -1.60. The van der Waals surface area contributed by atoms with Gasteiger partial charge in [-0.15, -0.1) is 12.4 Å². The summed E-state index contributed by atoms with van der Waals surface area (Å²) in [7, 11) is 0. The van der Waals surface area contributed by atoms with Gasteiger partial charge in [0.05, 0.1) is 0 Å². The molecule has 0 saturated carbocycles. The van der Waals surface area contributed by atoms with E-state index in [0.29, 0.717) is 38.8 Å². The van der Waals surface area contributed by atoms with Crippen LogP contribution in [0.25, 0.3) is 0 Å². The molecule has 0 radical (unpaired) electrons. The van der Waals surface area contributed by atoms with Gasteiger partial charge in [-0.3, -0.25) is 20.4 Å². The summed E-state index contributed by atoms with van der Waals surface area (Å²) < 4.78 is 0. The van der Waals surface area contributed by atoms with Crippen molar-refractivity contribution in [2.24, 2.45) is 22.9 Å². The van der Waals surface area contributed by atoms with E-state index in [1.165, 1.54) is 0 Å². The number of carboxylic acids is 2. The minimum absolute atomic E-state index is 0. The first kappa shape index (κ1) is 28.5. The minimum atomic E-state index is -1.00. The molecule has 26 heavy (non-hydrogen) atoms. The lowest BCUT2D eigenvalue weighted by Crippen LogP contribution is -2.34. The molecule has 0 unspecified atom stereocenters. The van der Waals surface area contributed by atoms with Crippen molar-refractivity contribution in [3.63, 3.8) is 0 Å². The Bertz CT molecular complexity index is 438. The van der Waals surface area contributed by atoms with Gasteiger partial charge in [-0.25, -0.2) is 0 Å². The molecule has 0 aliphatic heterocycles. The van der Waals surface area contributed by atoms with Crippen LogP contribution in [0.2, 0.25) is 0 Å². The van der Waals surface area contributed by atoms with Crippen molar-refractivity contribution in [1.29, 1.82) is 10.8 Å². The summed E-state index contributed by atoms with van der Waals surface area (Å²) in [5, 5.41) is 35.6. The van der Waals surface area contributed by atoms with Gasteiger partial charge in [0.1, 0.15) is 12.1 Å². The van der Waals surface area contributed by atoms with Crippen molar-refractivity contribution in [1.82, 2.24) is 10.6 Å². The fourth-order valence-electron chi connectivity index (χ4n) is 1.50. The van der Waals surface area contributed by atoms with Crippen molar-refractivity contribution in [2.75, 3.05) is 13.1 Å².